The molecular weight excluding hydrogens is 272 g/mol. The fourth-order valence-corrected chi connectivity index (χ4v) is 1.99. The smallest absolute Gasteiger partial charge is 0.163 e. The number of nitrogens with zero attached hydrogens (tertiary/aromatic N) is 1. The van der Waals surface area contributed by atoms with E-state index >= 15 is 0 Å². The molecule has 2 rings (SSSR count). The Labute approximate surface area is 124 Å². The van der Waals surface area contributed by atoms with Crippen molar-refractivity contribution in [1.82, 2.24) is 4.90 Å². The number of hydrogen-bond acceptors (Lipinski definition) is 2. The van der Waals surface area contributed by atoms with Gasteiger partial charge < -0.3 is 4.74 Å². The first kappa shape index (κ1) is 15.4. The zero-order valence-corrected chi connectivity index (χ0v) is 12.3. The van der Waals surface area contributed by atoms with Crippen LogP contribution in [0, 0.1) is 18.6 Å². The van der Waals surface area contributed by atoms with Gasteiger partial charge >= 0.3 is 0 Å². The van der Waals surface area contributed by atoms with Crippen molar-refractivity contribution in [3.63, 3.8) is 0 Å². The second-order valence-electron chi connectivity index (χ2n) is 5.11. The van der Waals surface area contributed by atoms with E-state index in [1.807, 2.05) is 43.1 Å². The monoisotopic (exact) mass is 291 g/mol. The van der Waals surface area contributed by atoms with E-state index < -0.39 is 11.6 Å². The Kier molecular flexibility index (Phi) is 5.28. The lowest BCUT2D eigenvalue weighted by Gasteiger charge is -2.17. The van der Waals surface area contributed by atoms with Crippen LogP contribution < -0.4 is 4.74 Å². The Hall–Kier alpha value is -1.94. The van der Waals surface area contributed by atoms with Crippen molar-refractivity contribution in [2.45, 2.75) is 13.5 Å². The molecule has 0 aromatic heterocycles. The number of likely N-dealkylation sites (N-methyl/N-ethyl adjacent to an activating group) is 1. The molecule has 0 bridgehead atoms. The predicted octanol–water partition coefficient (Wildman–Crippen LogP) is 3.78. The molecule has 4 heteroatoms. The molecule has 0 aliphatic heterocycles. The lowest BCUT2D eigenvalue weighted by molar-refractivity contribution is 0.230. The molecular formula is C17H19F2NO. The summed E-state index contributed by atoms with van der Waals surface area (Å²) in [6.45, 7) is 3.49. The van der Waals surface area contributed by atoms with Crippen molar-refractivity contribution < 1.29 is 13.5 Å². The van der Waals surface area contributed by atoms with Crippen molar-refractivity contribution in [3.05, 3.63) is 65.2 Å². The Morgan fingerprint density at radius 1 is 1.05 bits per heavy atom. The predicted molar refractivity (Wildman–Crippen MR) is 79.4 cm³/mol. The minimum atomic E-state index is -0.809. The molecule has 2 aromatic carbocycles. The van der Waals surface area contributed by atoms with Crippen LogP contribution in [0.3, 0.4) is 0 Å². The van der Waals surface area contributed by atoms with Crippen molar-refractivity contribution >= 4 is 0 Å². The summed E-state index contributed by atoms with van der Waals surface area (Å²) >= 11 is 0. The summed E-state index contributed by atoms with van der Waals surface area (Å²) < 4.78 is 32.3. The second kappa shape index (κ2) is 7.18. The van der Waals surface area contributed by atoms with Crippen molar-refractivity contribution in [3.8, 4) is 5.75 Å². The number of halogens is 2. The van der Waals surface area contributed by atoms with Gasteiger partial charge in [0.05, 0.1) is 0 Å². The molecule has 0 atom stereocenters. The average molecular weight is 291 g/mol. The SMILES string of the molecule is Cc1ccc(OCCN(C)Cc2cccc(F)c2F)cc1. The van der Waals surface area contributed by atoms with Crippen LogP contribution in [0.4, 0.5) is 8.78 Å². The van der Waals surface area contributed by atoms with Gasteiger partial charge in [0.15, 0.2) is 11.6 Å². The van der Waals surface area contributed by atoms with E-state index in [-0.39, 0.29) is 0 Å². The zero-order chi connectivity index (χ0) is 15.2. The number of hydrogen-bond donors (Lipinski definition) is 0. The highest BCUT2D eigenvalue weighted by atomic mass is 19.2. The van der Waals surface area contributed by atoms with Gasteiger partial charge in [0, 0.05) is 18.7 Å². The molecule has 2 nitrogen and oxygen atoms in total. The summed E-state index contributed by atoms with van der Waals surface area (Å²) in [7, 11) is 1.85. The van der Waals surface area contributed by atoms with Crippen molar-refractivity contribution in [2.75, 3.05) is 20.2 Å². The van der Waals surface area contributed by atoms with Gasteiger partial charge in [0.1, 0.15) is 12.4 Å². The van der Waals surface area contributed by atoms with Crippen LogP contribution >= 0.6 is 0 Å². The molecule has 0 heterocycles. The highest BCUT2D eigenvalue weighted by Gasteiger charge is 2.09. The van der Waals surface area contributed by atoms with Crippen LogP contribution in [0.1, 0.15) is 11.1 Å². The van der Waals surface area contributed by atoms with Crippen LogP contribution in [-0.2, 0) is 6.54 Å². The van der Waals surface area contributed by atoms with Gasteiger partial charge in [0.25, 0.3) is 0 Å². The molecule has 0 saturated carbocycles. The summed E-state index contributed by atoms with van der Waals surface area (Å²) in [5.41, 5.74) is 1.54. The first-order valence-corrected chi connectivity index (χ1v) is 6.87. The van der Waals surface area contributed by atoms with Gasteiger partial charge in [-0.25, -0.2) is 8.78 Å². The fraction of sp³-hybridized carbons (Fsp3) is 0.294. The van der Waals surface area contributed by atoms with E-state index in [0.717, 1.165) is 11.8 Å². The van der Waals surface area contributed by atoms with Gasteiger partial charge in [-0.2, -0.15) is 0 Å². The van der Waals surface area contributed by atoms with Crippen molar-refractivity contribution in [1.29, 1.82) is 0 Å². The second-order valence-corrected chi connectivity index (χ2v) is 5.11. The van der Waals surface area contributed by atoms with Crippen LogP contribution in [-0.4, -0.2) is 25.1 Å². The Morgan fingerprint density at radius 2 is 1.76 bits per heavy atom. The maximum Gasteiger partial charge on any atom is 0.163 e. The third-order valence-electron chi connectivity index (χ3n) is 3.23. The van der Waals surface area contributed by atoms with Crippen LogP contribution in [0.2, 0.25) is 0 Å². The van der Waals surface area contributed by atoms with E-state index in [0.29, 0.717) is 25.3 Å². The molecule has 21 heavy (non-hydrogen) atoms. The number of aryl methyl sites for hydroxylation is 1. The van der Waals surface area contributed by atoms with E-state index in [4.69, 9.17) is 4.74 Å². The maximum absolute atomic E-state index is 13.6. The van der Waals surface area contributed by atoms with E-state index in [1.54, 1.807) is 6.07 Å². The number of ether oxygens (including phenoxy) is 1. The standard InChI is InChI=1S/C17H19F2NO/c1-13-6-8-15(9-7-13)21-11-10-20(2)12-14-4-3-5-16(18)17(14)19/h3-9H,10-12H2,1-2H3. The molecule has 0 fully saturated rings. The van der Waals surface area contributed by atoms with Gasteiger partial charge in [-0.1, -0.05) is 29.8 Å². The molecule has 2 aromatic rings. The lowest BCUT2D eigenvalue weighted by Crippen LogP contribution is -2.24. The molecule has 0 amide bonds. The first-order valence-electron chi connectivity index (χ1n) is 6.87. The summed E-state index contributed by atoms with van der Waals surface area (Å²) in [5.74, 6) is -0.772. The van der Waals surface area contributed by atoms with Gasteiger partial charge in [-0.3, -0.25) is 4.90 Å². The Morgan fingerprint density at radius 3 is 2.48 bits per heavy atom. The number of rotatable bonds is 6. The summed E-state index contributed by atoms with van der Waals surface area (Å²) in [6, 6.07) is 12.0. The molecule has 112 valence electrons. The van der Waals surface area contributed by atoms with Crippen LogP contribution in [0.5, 0.6) is 5.75 Å². The molecule has 0 saturated heterocycles. The lowest BCUT2D eigenvalue weighted by atomic mass is 10.2. The summed E-state index contributed by atoms with van der Waals surface area (Å²) in [5, 5.41) is 0. The average Bonchev–Trinajstić information content (AvgIpc) is 2.46. The molecule has 0 aliphatic carbocycles. The summed E-state index contributed by atoms with van der Waals surface area (Å²) in [4.78, 5) is 1.89. The van der Waals surface area contributed by atoms with Crippen LogP contribution in [0.25, 0.3) is 0 Å². The Bertz CT molecular complexity index is 584. The quantitative estimate of drug-likeness (QED) is 0.803. The third kappa shape index (κ3) is 4.53. The van der Waals surface area contributed by atoms with E-state index in [2.05, 4.69) is 0 Å². The third-order valence-corrected chi connectivity index (χ3v) is 3.23. The molecule has 0 spiro atoms. The minimum absolute atomic E-state index is 0.348. The van der Waals surface area contributed by atoms with Gasteiger partial charge in [0.2, 0.25) is 0 Å². The zero-order valence-electron chi connectivity index (χ0n) is 12.3. The van der Waals surface area contributed by atoms with Crippen LogP contribution in [0.15, 0.2) is 42.5 Å². The van der Waals surface area contributed by atoms with Crippen molar-refractivity contribution in [2.24, 2.45) is 0 Å². The fourth-order valence-electron chi connectivity index (χ4n) is 1.99. The molecule has 0 aliphatic rings. The first-order chi connectivity index (χ1) is 10.1. The highest BCUT2D eigenvalue weighted by Crippen LogP contribution is 2.14. The van der Waals surface area contributed by atoms with E-state index in [1.165, 1.54) is 11.6 Å². The topological polar surface area (TPSA) is 12.5 Å². The molecule has 0 unspecified atom stereocenters. The maximum atomic E-state index is 13.6. The highest BCUT2D eigenvalue weighted by molar-refractivity contribution is 5.26. The van der Waals surface area contributed by atoms with Gasteiger partial charge in [-0.05, 0) is 32.2 Å². The molecule has 0 radical (unpaired) electrons. The normalized spacial score (nSPS) is 10.9. The van der Waals surface area contributed by atoms with Gasteiger partial charge in [-0.15, -0.1) is 0 Å². The molecule has 0 N–H and O–H groups in total. The summed E-state index contributed by atoms with van der Waals surface area (Å²) in [6.07, 6.45) is 0. The minimum Gasteiger partial charge on any atom is -0.492 e. The van der Waals surface area contributed by atoms with E-state index in [9.17, 15) is 8.78 Å². The Balaban J connectivity index is 1.81. The number of benzene rings is 2. The largest absolute Gasteiger partial charge is 0.492 e.